The molecule has 0 aliphatic heterocycles. The fraction of sp³-hybridized carbons (Fsp3) is 0.353. The van der Waals surface area contributed by atoms with Gasteiger partial charge in [-0.3, -0.25) is 4.98 Å². The summed E-state index contributed by atoms with van der Waals surface area (Å²) in [5, 5.41) is 3.57. The number of aromatic nitrogens is 1. The van der Waals surface area contributed by atoms with Crippen molar-refractivity contribution >= 4 is 0 Å². The summed E-state index contributed by atoms with van der Waals surface area (Å²) in [4.78, 5) is 4.48. The highest BCUT2D eigenvalue weighted by molar-refractivity contribution is 5.29. The molecule has 1 aromatic heterocycles. The lowest BCUT2D eigenvalue weighted by Gasteiger charge is -2.13. The van der Waals surface area contributed by atoms with E-state index in [-0.39, 0.29) is 5.82 Å². The molecule has 0 radical (unpaired) electrons. The van der Waals surface area contributed by atoms with Crippen LogP contribution in [-0.4, -0.2) is 11.5 Å². The van der Waals surface area contributed by atoms with E-state index in [9.17, 15) is 4.39 Å². The maximum atomic E-state index is 13.1. The minimum atomic E-state index is -0.159. The van der Waals surface area contributed by atoms with Crippen LogP contribution in [0.1, 0.15) is 34.8 Å². The number of hydrogen-bond acceptors (Lipinski definition) is 2. The molecule has 1 heterocycles. The lowest BCUT2D eigenvalue weighted by molar-refractivity contribution is 0.524. The first-order valence-electron chi connectivity index (χ1n) is 7.16. The van der Waals surface area contributed by atoms with Crippen LogP contribution in [0.4, 0.5) is 4.39 Å². The van der Waals surface area contributed by atoms with E-state index in [4.69, 9.17) is 0 Å². The van der Waals surface area contributed by atoms with Crippen LogP contribution in [0.15, 0.2) is 36.5 Å². The van der Waals surface area contributed by atoms with E-state index >= 15 is 0 Å². The Morgan fingerprint density at radius 2 is 2.25 bits per heavy atom. The van der Waals surface area contributed by atoms with E-state index in [0.29, 0.717) is 6.04 Å². The monoisotopic (exact) mass is 270 g/mol. The number of rotatable bonds is 4. The van der Waals surface area contributed by atoms with Crippen LogP contribution in [0.3, 0.4) is 0 Å². The fourth-order valence-electron chi connectivity index (χ4n) is 2.93. The van der Waals surface area contributed by atoms with Gasteiger partial charge in [-0.05, 0) is 67.6 Å². The zero-order valence-electron chi connectivity index (χ0n) is 11.7. The minimum absolute atomic E-state index is 0.159. The number of nitrogens with zero attached hydrogens (tertiary/aromatic N) is 1. The smallest absolute Gasteiger partial charge is 0.123 e. The average Bonchev–Trinajstić information content (AvgIpc) is 2.85. The van der Waals surface area contributed by atoms with E-state index in [1.165, 1.54) is 22.9 Å². The first-order chi connectivity index (χ1) is 9.74. The zero-order valence-corrected chi connectivity index (χ0v) is 11.7. The third kappa shape index (κ3) is 2.73. The van der Waals surface area contributed by atoms with Crippen LogP contribution in [0, 0.1) is 12.7 Å². The SMILES string of the molecule is Cc1cc(F)ccc1CCNC1CCc2cccnc21. The molecule has 2 aromatic rings. The molecule has 2 nitrogen and oxygen atoms in total. The molecule has 104 valence electrons. The number of hydrogen-bond donors (Lipinski definition) is 1. The topological polar surface area (TPSA) is 24.9 Å². The van der Waals surface area contributed by atoms with Gasteiger partial charge >= 0.3 is 0 Å². The fourth-order valence-corrected chi connectivity index (χ4v) is 2.93. The van der Waals surface area contributed by atoms with E-state index in [1.807, 2.05) is 25.3 Å². The first kappa shape index (κ1) is 13.3. The lowest BCUT2D eigenvalue weighted by Crippen LogP contribution is -2.22. The number of fused-ring (bicyclic) bond motifs is 1. The van der Waals surface area contributed by atoms with Crippen molar-refractivity contribution in [3.05, 3.63) is 64.7 Å². The molecule has 0 saturated carbocycles. The highest BCUT2D eigenvalue weighted by atomic mass is 19.1. The Bertz CT molecular complexity index is 610. The predicted molar refractivity (Wildman–Crippen MR) is 78.1 cm³/mol. The van der Waals surface area contributed by atoms with Gasteiger partial charge in [-0.15, -0.1) is 0 Å². The Labute approximate surface area is 119 Å². The van der Waals surface area contributed by atoms with E-state index in [1.54, 1.807) is 6.07 Å². The highest BCUT2D eigenvalue weighted by Gasteiger charge is 2.22. The molecule has 1 aromatic carbocycles. The van der Waals surface area contributed by atoms with Gasteiger partial charge in [0.05, 0.1) is 11.7 Å². The molecule has 0 spiro atoms. The van der Waals surface area contributed by atoms with Gasteiger partial charge in [0.15, 0.2) is 0 Å². The molecule has 1 aliphatic rings. The summed E-state index contributed by atoms with van der Waals surface area (Å²) in [6.07, 6.45) is 5.01. The molecule has 1 unspecified atom stereocenters. The molecule has 0 saturated heterocycles. The Morgan fingerprint density at radius 3 is 3.10 bits per heavy atom. The summed E-state index contributed by atoms with van der Waals surface area (Å²) >= 11 is 0. The summed E-state index contributed by atoms with van der Waals surface area (Å²) < 4.78 is 13.1. The van der Waals surface area contributed by atoms with E-state index < -0.39 is 0 Å². The van der Waals surface area contributed by atoms with Crippen molar-refractivity contribution in [2.24, 2.45) is 0 Å². The Kier molecular flexibility index (Phi) is 3.79. The number of aryl methyl sites for hydroxylation is 2. The zero-order chi connectivity index (χ0) is 13.9. The molecule has 3 rings (SSSR count). The first-order valence-corrected chi connectivity index (χ1v) is 7.16. The molecule has 1 aliphatic carbocycles. The maximum Gasteiger partial charge on any atom is 0.123 e. The Hall–Kier alpha value is -1.74. The van der Waals surface area contributed by atoms with Gasteiger partial charge in [0.1, 0.15) is 5.82 Å². The van der Waals surface area contributed by atoms with Gasteiger partial charge in [0.25, 0.3) is 0 Å². The summed E-state index contributed by atoms with van der Waals surface area (Å²) in [6, 6.07) is 9.55. The number of benzene rings is 1. The van der Waals surface area contributed by atoms with Gasteiger partial charge in [-0.25, -0.2) is 4.39 Å². The summed E-state index contributed by atoms with van der Waals surface area (Å²) in [5.74, 6) is -0.159. The summed E-state index contributed by atoms with van der Waals surface area (Å²) in [6.45, 7) is 2.86. The second-order valence-electron chi connectivity index (χ2n) is 5.41. The van der Waals surface area contributed by atoms with Crippen molar-refractivity contribution in [1.29, 1.82) is 0 Å². The molecular weight excluding hydrogens is 251 g/mol. The molecular formula is C17H19FN2. The Morgan fingerprint density at radius 1 is 1.35 bits per heavy atom. The van der Waals surface area contributed by atoms with Crippen molar-refractivity contribution in [2.75, 3.05) is 6.54 Å². The maximum absolute atomic E-state index is 13.1. The Balaban J connectivity index is 1.59. The van der Waals surface area contributed by atoms with Crippen molar-refractivity contribution in [1.82, 2.24) is 10.3 Å². The van der Waals surface area contributed by atoms with Crippen LogP contribution in [0.25, 0.3) is 0 Å². The van der Waals surface area contributed by atoms with Gasteiger partial charge in [0.2, 0.25) is 0 Å². The van der Waals surface area contributed by atoms with Crippen molar-refractivity contribution in [3.8, 4) is 0 Å². The molecule has 1 N–H and O–H groups in total. The van der Waals surface area contributed by atoms with Crippen LogP contribution in [0.5, 0.6) is 0 Å². The number of pyridine rings is 1. The molecule has 3 heteroatoms. The largest absolute Gasteiger partial charge is 0.308 e. The van der Waals surface area contributed by atoms with E-state index in [0.717, 1.165) is 31.4 Å². The van der Waals surface area contributed by atoms with Crippen LogP contribution >= 0.6 is 0 Å². The molecule has 0 fully saturated rings. The van der Waals surface area contributed by atoms with Crippen molar-refractivity contribution < 1.29 is 4.39 Å². The third-order valence-electron chi connectivity index (χ3n) is 4.05. The summed E-state index contributed by atoms with van der Waals surface area (Å²) in [7, 11) is 0. The third-order valence-corrected chi connectivity index (χ3v) is 4.05. The number of nitrogens with one attached hydrogen (secondary N) is 1. The predicted octanol–water partition coefficient (Wildman–Crippen LogP) is 3.35. The molecule has 0 amide bonds. The van der Waals surface area contributed by atoms with Crippen molar-refractivity contribution in [3.63, 3.8) is 0 Å². The lowest BCUT2D eigenvalue weighted by atomic mass is 10.1. The molecule has 20 heavy (non-hydrogen) atoms. The van der Waals surface area contributed by atoms with Crippen LogP contribution in [-0.2, 0) is 12.8 Å². The minimum Gasteiger partial charge on any atom is -0.308 e. The number of halogens is 1. The summed E-state index contributed by atoms with van der Waals surface area (Å²) in [5.41, 5.74) is 4.79. The van der Waals surface area contributed by atoms with Crippen molar-refractivity contribution in [2.45, 2.75) is 32.2 Å². The normalized spacial score (nSPS) is 17.2. The average molecular weight is 270 g/mol. The van der Waals surface area contributed by atoms with Gasteiger partial charge in [-0.2, -0.15) is 0 Å². The van der Waals surface area contributed by atoms with E-state index in [2.05, 4.69) is 16.4 Å². The van der Waals surface area contributed by atoms with Crippen LogP contribution in [0.2, 0.25) is 0 Å². The molecule has 1 atom stereocenters. The standard InChI is InChI=1S/C17H19FN2/c1-12-11-15(18)6-4-13(12)8-10-19-16-7-5-14-3-2-9-20-17(14)16/h2-4,6,9,11,16,19H,5,7-8,10H2,1H3. The van der Waals surface area contributed by atoms with Gasteiger partial charge in [-0.1, -0.05) is 12.1 Å². The highest BCUT2D eigenvalue weighted by Crippen LogP contribution is 2.28. The quantitative estimate of drug-likeness (QED) is 0.921. The van der Waals surface area contributed by atoms with Crippen LogP contribution < -0.4 is 5.32 Å². The second-order valence-corrected chi connectivity index (χ2v) is 5.41. The van der Waals surface area contributed by atoms with Gasteiger partial charge in [0, 0.05) is 6.20 Å². The van der Waals surface area contributed by atoms with Gasteiger partial charge < -0.3 is 5.32 Å². The molecule has 0 bridgehead atoms. The second kappa shape index (κ2) is 5.71.